The van der Waals surface area contributed by atoms with E-state index in [0.717, 1.165) is 33.4 Å². The number of rotatable bonds is 7. The van der Waals surface area contributed by atoms with Gasteiger partial charge in [-0.3, -0.25) is 15.1 Å². The lowest BCUT2D eigenvalue weighted by Crippen LogP contribution is -2.16. The third kappa shape index (κ3) is 5.66. The summed E-state index contributed by atoms with van der Waals surface area (Å²) in [6, 6.07) is 26.6. The zero-order valence-corrected chi connectivity index (χ0v) is 18.6. The summed E-state index contributed by atoms with van der Waals surface area (Å²) in [6.07, 6.45) is 2.40. The van der Waals surface area contributed by atoms with Gasteiger partial charge in [-0.05, 0) is 40.8 Å². The van der Waals surface area contributed by atoms with Gasteiger partial charge in [0.1, 0.15) is 6.10 Å². The number of benzene rings is 3. The molecule has 0 spiro atoms. The first-order valence-electron chi connectivity index (χ1n) is 10.9. The maximum Gasteiger partial charge on any atom is 0.412 e. The van der Waals surface area contributed by atoms with Crippen LogP contribution >= 0.6 is 0 Å². The number of carbonyl (C=O) groups excluding carboxylic acids is 1. The Morgan fingerprint density at radius 1 is 0.882 bits per heavy atom. The number of pyridine rings is 1. The highest BCUT2D eigenvalue weighted by molar-refractivity contribution is 5.91. The molecule has 4 aromatic rings. The first kappa shape index (κ1) is 22.7. The van der Waals surface area contributed by atoms with Gasteiger partial charge in [0.05, 0.1) is 12.1 Å². The van der Waals surface area contributed by atoms with Crippen molar-refractivity contribution in [1.82, 2.24) is 4.98 Å². The summed E-state index contributed by atoms with van der Waals surface area (Å²) >= 11 is 0. The lowest BCUT2D eigenvalue weighted by atomic mass is 9.99. The Morgan fingerprint density at radius 2 is 1.50 bits per heavy atom. The van der Waals surface area contributed by atoms with E-state index < -0.39 is 12.1 Å². The van der Waals surface area contributed by atoms with Gasteiger partial charge in [0, 0.05) is 18.0 Å². The van der Waals surface area contributed by atoms with E-state index in [1.54, 1.807) is 18.5 Å². The number of aliphatic carboxylic acids is 1. The SMILES string of the molecule is CC(OC(=O)Nc1ccncc1-c1ccc(-c2ccc(CC(=O)O)cc2)cc1)c1ccccc1. The highest BCUT2D eigenvalue weighted by Gasteiger charge is 2.14. The van der Waals surface area contributed by atoms with Crippen LogP contribution in [0.5, 0.6) is 0 Å². The molecule has 1 aromatic heterocycles. The second-order valence-electron chi connectivity index (χ2n) is 7.85. The number of nitrogens with zero attached hydrogens (tertiary/aromatic N) is 1. The molecular weight excluding hydrogens is 428 g/mol. The zero-order chi connectivity index (χ0) is 23.9. The maximum atomic E-state index is 12.5. The molecule has 2 N–H and O–H groups in total. The number of ether oxygens (including phenoxy) is 1. The van der Waals surface area contributed by atoms with Gasteiger partial charge in [0.15, 0.2) is 0 Å². The van der Waals surface area contributed by atoms with Crippen LogP contribution in [0.2, 0.25) is 0 Å². The largest absolute Gasteiger partial charge is 0.481 e. The van der Waals surface area contributed by atoms with Gasteiger partial charge in [-0.15, -0.1) is 0 Å². The van der Waals surface area contributed by atoms with Crippen LogP contribution in [0.1, 0.15) is 24.2 Å². The van der Waals surface area contributed by atoms with Crippen molar-refractivity contribution in [3.8, 4) is 22.3 Å². The van der Waals surface area contributed by atoms with Crippen LogP contribution in [0.25, 0.3) is 22.3 Å². The number of hydrogen-bond acceptors (Lipinski definition) is 4. The third-order valence-corrected chi connectivity index (χ3v) is 5.45. The van der Waals surface area contributed by atoms with Gasteiger partial charge < -0.3 is 9.84 Å². The van der Waals surface area contributed by atoms with E-state index in [1.165, 1.54) is 0 Å². The second-order valence-corrected chi connectivity index (χ2v) is 7.85. The van der Waals surface area contributed by atoms with E-state index in [9.17, 15) is 9.59 Å². The first-order valence-corrected chi connectivity index (χ1v) is 10.9. The summed E-state index contributed by atoms with van der Waals surface area (Å²) in [5.74, 6) is -0.851. The minimum Gasteiger partial charge on any atom is -0.481 e. The van der Waals surface area contributed by atoms with Crippen LogP contribution in [0.15, 0.2) is 97.3 Å². The maximum absolute atomic E-state index is 12.5. The Balaban J connectivity index is 1.48. The van der Waals surface area contributed by atoms with Crippen molar-refractivity contribution in [1.29, 1.82) is 0 Å². The highest BCUT2D eigenvalue weighted by atomic mass is 16.6. The Morgan fingerprint density at radius 3 is 2.15 bits per heavy atom. The number of carboxylic acids is 1. The molecule has 0 aliphatic carbocycles. The molecule has 34 heavy (non-hydrogen) atoms. The Bertz CT molecular complexity index is 1270. The monoisotopic (exact) mass is 452 g/mol. The van der Waals surface area contributed by atoms with Crippen molar-refractivity contribution in [2.45, 2.75) is 19.4 Å². The van der Waals surface area contributed by atoms with Crippen molar-refractivity contribution in [3.05, 3.63) is 108 Å². The van der Waals surface area contributed by atoms with E-state index >= 15 is 0 Å². The Labute approximate surface area is 197 Å². The quantitative estimate of drug-likeness (QED) is 0.341. The van der Waals surface area contributed by atoms with E-state index in [4.69, 9.17) is 9.84 Å². The van der Waals surface area contributed by atoms with Crippen molar-refractivity contribution < 1.29 is 19.4 Å². The van der Waals surface area contributed by atoms with Crippen LogP contribution in [0.3, 0.4) is 0 Å². The molecule has 1 atom stereocenters. The Hall–Kier alpha value is -4.45. The van der Waals surface area contributed by atoms with Gasteiger partial charge in [0.25, 0.3) is 0 Å². The predicted molar refractivity (Wildman–Crippen MR) is 131 cm³/mol. The molecule has 4 rings (SSSR count). The fourth-order valence-electron chi connectivity index (χ4n) is 3.66. The molecule has 0 bridgehead atoms. The fourth-order valence-corrected chi connectivity index (χ4v) is 3.66. The topological polar surface area (TPSA) is 88.5 Å². The number of carbonyl (C=O) groups is 2. The standard InChI is InChI=1S/C28H24N2O4/c1-19(21-5-3-2-4-6-21)34-28(33)30-26-15-16-29-18-25(26)24-13-11-23(12-14-24)22-9-7-20(8-10-22)17-27(31)32/h2-16,18-19H,17H2,1H3,(H,31,32)(H,29,30,33). The van der Waals surface area contributed by atoms with Crippen LogP contribution in [0.4, 0.5) is 10.5 Å². The molecule has 6 nitrogen and oxygen atoms in total. The summed E-state index contributed by atoms with van der Waals surface area (Å²) in [7, 11) is 0. The van der Waals surface area contributed by atoms with Gasteiger partial charge in [-0.1, -0.05) is 78.9 Å². The summed E-state index contributed by atoms with van der Waals surface area (Å²) in [6.45, 7) is 1.83. The lowest BCUT2D eigenvalue weighted by Gasteiger charge is -2.16. The van der Waals surface area contributed by atoms with E-state index in [0.29, 0.717) is 5.69 Å². The van der Waals surface area contributed by atoms with Gasteiger partial charge >= 0.3 is 12.1 Å². The molecule has 1 heterocycles. The zero-order valence-electron chi connectivity index (χ0n) is 18.6. The number of aromatic nitrogens is 1. The second kappa shape index (κ2) is 10.4. The van der Waals surface area contributed by atoms with Crippen LogP contribution < -0.4 is 5.32 Å². The van der Waals surface area contributed by atoms with E-state index in [-0.39, 0.29) is 12.5 Å². The molecule has 0 aliphatic heterocycles. The number of amides is 1. The normalized spacial score (nSPS) is 11.4. The number of hydrogen-bond donors (Lipinski definition) is 2. The lowest BCUT2D eigenvalue weighted by molar-refractivity contribution is -0.136. The molecular formula is C28H24N2O4. The first-order chi connectivity index (χ1) is 16.5. The van der Waals surface area contributed by atoms with Crippen LogP contribution in [-0.4, -0.2) is 22.2 Å². The molecule has 0 aliphatic rings. The van der Waals surface area contributed by atoms with Crippen LogP contribution in [0, 0.1) is 0 Å². The Kier molecular flexibility index (Phi) is 6.98. The third-order valence-electron chi connectivity index (χ3n) is 5.45. The number of carboxylic acid groups (broad SMARTS) is 1. The average molecular weight is 453 g/mol. The summed E-state index contributed by atoms with van der Waals surface area (Å²) in [4.78, 5) is 27.6. The van der Waals surface area contributed by atoms with Gasteiger partial charge in [-0.25, -0.2) is 4.79 Å². The average Bonchev–Trinajstić information content (AvgIpc) is 2.85. The van der Waals surface area contributed by atoms with E-state index in [2.05, 4.69) is 10.3 Å². The smallest absolute Gasteiger partial charge is 0.412 e. The predicted octanol–water partition coefficient (Wildman–Crippen LogP) is 6.35. The van der Waals surface area contributed by atoms with Crippen LogP contribution in [-0.2, 0) is 16.0 Å². The van der Waals surface area contributed by atoms with Crippen molar-refractivity contribution in [2.24, 2.45) is 0 Å². The van der Waals surface area contributed by atoms with Crippen molar-refractivity contribution in [2.75, 3.05) is 5.32 Å². The highest BCUT2D eigenvalue weighted by Crippen LogP contribution is 2.30. The minimum atomic E-state index is -0.851. The summed E-state index contributed by atoms with van der Waals surface area (Å²) in [5.41, 5.74) is 5.93. The summed E-state index contributed by atoms with van der Waals surface area (Å²) in [5, 5.41) is 11.8. The molecule has 0 fully saturated rings. The molecule has 0 saturated carbocycles. The fraction of sp³-hybridized carbons (Fsp3) is 0.107. The summed E-state index contributed by atoms with van der Waals surface area (Å²) < 4.78 is 5.53. The molecule has 1 amide bonds. The van der Waals surface area contributed by atoms with Gasteiger partial charge in [-0.2, -0.15) is 0 Å². The van der Waals surface area contributed by atoms with Crippen molar-refractivity contribution in [3.63, 3.8) is 0 Å². The molecule has 1 unspecified atom stereocenters. The number of nitrogens with one attached hydrogen (secondary N) is 1. The van der Waals surface area contributed by atoms with E-state index in [1.807, 2.05) is 85.8 Å². The molecule has 3 aromatic carbocycles. The van der Waals surface area contributed by atoms with Crippen molar-refractivity contribution >= 4 is 17.7 Å². The number of anilines is 1. The molecule has 6 heteroatoms. The minimum absolute atomic E-state index is 0.00254. The molecule has 0 radical (unpaired) electrons. The molecule has 0 saturated heterocycles. The molecule has 170 valence electrons. The van der Waals surface area contributed by atoms with Gasteiger partial charge in [0.2, 0.25) is 0 Å².